The highest BCUT2D eigenvalue weighted by Gasteiger charge is 2.38. The molecule has 2 N–H and O–H groups in total. The van der Waals surface area contributed by atoms with Gasteiger partial charge in [-0.2, -0.15) is 0 Å². The van der Waals surface area contributed by atoms with Gasteiger partial charge in [0.1, 0.15) is 0 Å². The third kappa shape index (κ3) is 2.65. The zero-order chi connectivity index (χ0) is 13.4. The molecule has 1 amide bonds. The van der Waals surface area contributed by atoms with E-state index < -0.39 is 0 Å². The first-order chi connectivity index (χ1) is 9.15. The quantitative estimate of drug-likeness (QED) is 0.794. The van der Waals surface area contributed by atoms with Crippen molar-refractivity contribution in [3.63, 3.8) is 0 Å². The highest BCUT2D eigenvalue weighted by Crippen LogP contribution is 2.37. The summed E-state index contributed by atoms with van der Waals surface area (Å²) < 4.78 is 0. The molecule has 0 spiro atoms. The van der Waals surface area contributed by atoms with Gasteiger partial charge in [-0.25, -0.2) is 0 Å². The van der Waals surface area contributed by atoms with Gasteiger partial charge in [0.15, 0.2) is 0 Å². The van der Waals surface area contributed by atoms with E-state index in [4.69, 9.17) is 0 Å². The predicted octanol–water partition coefficient (Wildman–Crippen LogP) is 0.831. The first kappa shape index (κ1) is 13.4. The predicted molar refractivity (Wildman–Crippen MR) is 75.8 cm³/mol. The Balaban J connectivity index is 1.47. The summed E-state index contributed by atoms with van der Waals surface area (Å²) in [5.41, 5.74) is 0. The van der Waals surface area contributed by atoms with E-state index in [1.54, 1.807) is 0 Å². The van der Waals surface area contributed by atoms with E-state index in [1.165, 1.54) is 25.7 Å². The maximum atomic E-state index is 12.2. The van der Waals surface area contributed by atoms with Crippen molar-refractivity contribution in [2.24, 2.45) is 17.8 Å². The molecule has 4 heteroatoms. The highest BCUT2D eigenvalue weighted by atomic mass is 16.1. The van der Waals surface area contributed by atoms with Gasteiger partial charge in [0, 0.05) is 25.2 Å². The molecule has 3 aliphatic rings. The molecule has 2 unspecified atom stereocenters. The van der Waals surface area contributed by atoms with Crippen LogP contribution >= 0.6 is 0 Å². The average Bonchev–Trinajstić information content (AvgIpc) is 2.87. The maximum Gasteiger partial charge on any atom is 0.224 e. The molecule has 0 aromatic heterocycles. The highest BCUT2D eigenvalue weighted by molar-refractivity contribution is 5.79. The largest absolute Gasteiger partial charge is 0.356 e. The zero-order valence-electron chi connectivity index (χ0n) is 12.2. The van der Waals surface area contributed by atoms with Gasteiger partial charge in [-0.1, -0.05) is 6.92 Å². The summed E-state index contributed by atoms with van der Waals surface area (Å²) in [5.74, 6) is 1.63. The Morgan fingerprint density at radius 2 is 1.95 bits per heavy atom. The van der Waals surface area contributed by atoms with Crippen LogP contribution in [0.1, 0.15) is 32.6 Å². The monoisotopic (exact) mass is 265 g/mol. The average molecular weight is 265 g/mol. The van der Waals surface area contributed by atoms with E-state index in [-0.39, 0.29) is 11.8 Å². The minimum absolute atomic E-state index is 0.183. The standard InChI is InChI=1S/C15H27N3O/c1-10-7-16-9-14(10)15(19)17-8-11-5-12-3-4-13(6-11)18(12)2/h10-14,16H,3-9H2,1-2H3,(H,17,19)/t10-,11?,12?,13?,14-/m1/s1. The van der Waals surface area contributed by atoms with Gasteiger partial charge in [0.2, 0.25) is 5.91 Å². The molecule has 0 radical (unpaired) electrons. The molecule has 4 nitrogen and oxygen atoms in total. The second-order valence-electron chi connectivity index (χ2n) is 6.88. The number of amides is 1. The number of carbonyl (C=O) groups excluding carboxylic acids is 1. The molecule has 0 aliphatic carbocycles. The number of carbonyl (C=O) groups is 1. The fraction of sp³-hybridized carbons (Fsp3) is 0.933. The van der Waals surface area contributed by atoms with Crippen LogP contribution in [0.15, 0.2) is 0 Å². The van der Waals surface area contributed by atoms with Crippen LogP contribution in [0.4, 0.5) is 0 Å². The Kier molecular flexibility index (Phi) is 3.81. The van der Waals surface area contributed by atoms with Gasteiger partial charge in [0.25, 0.3) is 0 Å². The second-order valence-corrected chi connectivity index (χ2v) is 6.88. The SMILES string of the molecule is C[C@@H]1CNC[C@H]1C(=O)NCC1CC2CCC(C1)N2C. The molecular weight excluding hydrogens is 238 g/mol. The van der Waals surface area contributed by atoms with Crippen molar-refractivity contribution in [1.82, 2.24) is 15.5 Å². The molecule has 3 heterocycles. The van der Waals surface area contributed by atoms with Crippen molar-refractivity contribution in [3.8, 4) is 0 Å². The van der Waals surface area contributed by atoms with Crippen molar-refractivity contribution in [3.05, 3.63) is 0 Å². The molecule has 108 valence electrons. The Hall–Kier alpha value is -0.610. The number of hydrogen-bond acceptors (Lipinski definition) is 3. The minimum atomic E-state index is 0.183. The molecule has 0 aromatic rings. The lowest BCUT2D eigenvalue weighted by Crippen LogP contribution is -2.44. The Bertz CT molecular complexity index is 332. The van der Waals surface area contributed by atoms with E-state index in [0.29, 0.717) is 11.8 Å². The molecule has 3 saturated heterocycles. The van der Waals surface area contributed by atoms with Crippen LogP contribution in [-0.2, 0) is 4.79 Å². The van der Waals surface area contributed by atoms with Crippen LogP contribution in [0.25, 0.3) is 0 Å². The van der Waals surface area contributed by atoms with E-state index in [9.17, 15) is 4.79 Å². The smallest absolute Gasteiger partial charge is 0.224 e. The van der Waals surface area contributed by atoms with Gasteiger partial charge in [0.05, 0.1) is 5.92 Å². The van der Waals surface area contributed by atoms with Gasteiger partial charge in [-0.3, -0.25) is 4.79 Å². The third-order valence-corrected chi connectivity index (χ3v) is 5.62. The molecular formula is C15H27N3O. The normalized spacial score (nSPS) is 42.5. The molecule has 19 heavy (non-hydrogen) atoms. The van der Waals surface area contributed by atoms with Gasteiger partial charge >= 0.3 is 0 Å². The number of piperidine rings is 1. The van der Waals surface area contributed by atoms with Crippen LogP contribution in [0.3, 0.4) is 0 Å². The van der Waals surface area contributed by atoms with E-state index in [1.807, 2.05) is 0 Å². The summed E-state index contributed by atoms with van der Waals surface area (Å²) in [6.45, 7) is 4.89. The summed E-state index contributed by atoms with van der Waals surface area (Å²) in [4.78, 5) is 14.7. The van der Waals surface area contributed by atoms with Gasteiger partial charge in [-0.05, 0) is 51.1 Å². The van der Waals surface area contributed by atoms with Crippen molar-refractivity contribution >= 4 is 5.91 Å². The molecule has 3 aliphatic heterocycles. The van der Waals surface area contributed by atoms with E-state index in [0.717, 1.165) is 31.7 Å². The lowest BCUT2D eigenvalue weighted by molar-refractivity contribution is -0.125. The number of nitrogens with zero attached hydrogens (tertiary/aromatic N) is 1. The Morgan fingerprint density at radius 1 is 1.26 bits per heavy atom. The summed E-state index contributed by atoms with van der Waals surface area (Å²) >= 11 is 0. The topological polar surface area (TPSA) is 44.4 Å². The van der Waals surface area contributed by atoms with Crippen LogP contribution in [0.5, 0.6) is 0 Å². The summed E-state index contributed by atoms with van der Waals surface area (Å²) in [6, 6.07) is 1.54. The molecule has 4 atom stereocenters. The van der Waals surface area contributed by atoms with Gasteiger partial charge < -0.3 is 15.5 Å². The van der Waals surface area contributed by atoms with E-state index in [2.05, 4.69) is 29.5 Å². The summed E-state index contributed by atoms with van der Waals surface area (Å²) in [6.07, 6.45) is 5.25. The first-order valence-corrected chi connectivity index (χ1v) is 7.85. The molecule has 3 fully saturated rings. The fourth-order valence-electron chi connectivity index (χ4n) is 4.23. The fourth-order valence-corrected chi connectivity index (χ4v) is 4.23. The Labute approximate surface area is 116 Å². The van der Waals surface area contributed by atoms with Crippen LogP contribution in [0.2, 0.25) is 0 Å². The number of hydrogen-bond donors (Lipinski definition) is 2. The zero-order valence-corrected chi connectivity index (χ0v) is 12.2. The van der Waals surface area contributed by atoms with Crippen molar-refractivity contribution in [2.75, 3.05) is 26.7 Å². The molecule has 0 aromatic carbocycles. The lowest BCUT2D eigenvalue weighted by Gasteiger charge is -2.36. The molecule has 3 rings (SSSR count). The molecule has 2 bridgehead atoms. The first-order valence-electron chi connectivity index (χ1n) is 7.85. The van der Waals surface area contributed by atoms with Gasteiger partial charge in [-0.15, -0.1) is 0 Å². The van der Waals surface area contributed by atoms with Crippen LogP contribution in [0, 0.1) is 17.8 Å². The van der Waals surface area contributed by atoms with Crippen molar-refractivity contribution in [2.45, 2.75) is 44.7 Å². The number of nitrogens with one attached hydrogen (secondary N) is 2. The van der Waals surface area contributed by atoms with Crippen molar-refractivity contribution < 1.29 is 4.79 Å². The number of rotatable bonds is 3. The lowest BCUT2D eigenvalue weighted by atomic mass is 9.90. The molecule has 0 saturated carbocycles. The number of fused-ring (bicyclic) bond motifs is 2. The summed E-state index contributed by atoms with van der Waals surface area (Å²) in [5, 5.41) is 6.51. The van der Waals surface area contributed by atoms with Crippen LogP contribution in [-0.4, -0.2) is 49.6 Å². The second kappa shape index (κ2) is 5.41. The van der Waals surface area contributed by atoms with Crippen molar-refractivity contribution in [1.29, 1.82) is 0 Å². The Morgan fingerprint density at radius 3 is 2.53 bits per heavy atom. The third-order valence-electron chi connectivity index (χ3n) is 5.62. The van der Waals surface area contributed by atoms with E-state index >= 15 is 0 Å². The minimum Gasteiger partial charge on any atom is -0.356 e. The summed E-state index contributed by atoms with van der Waals surface area (Å²) in [7, 11) is 2.27. The van der Waals surface area contributed by atoms with Crippen LogP contribution < -0.4 is 10.6 Å². The maximum absolute atomic E-state index is 12.2.